The fourth-order valence-corrected chi connectivity index (χ4v) is 2.69. The van der Waals surface area contributed by atoms with E-state index in [1.807, 2.05) is 0 Å². The number of carbonyl (C=O) groups is 1. The van der Waals surface area contributed by atoms with Gasteiger partial charge in [-0.2, -0.15) is 0 Å². The minimum Gasteiger partial charge on any atom is -0.297 e. The first-order chi connectivity index (χ1) is 12.7. The number of fused-ring (bicyclic) bond motifs is 1. The molecule has 27 heavy (non-hydrogen) atoms. The predicted molar refractivity (Wildman–Crippen MR) is 103 cm³/mol. The van der Waals surface area contributed by atoms with Crippen molar-refractivity contribution < 1.29 is 4.79 Å². The molecule has 0 aliphatic rings. The van der Waals surface area contributed by atoms with E-state index in [4.69, 9.17) is 11.6 Å². The average molecular weight is 387 g/mol. The zero-order valence-electron chi connectivity index (χ0n) is 15.3. The zero-order valence-corrected chi connectivity index (χ0v) is 16.0. The maximum absolute atomic E-state index is 13.0. The molecule has 8 heteroatoms. The Kier molecular flexibility index (Phi) is 4.97. The van der Waals surface area contributed by atoms with E-state index in [9.17, 15) is 14.4 Å². The topological polar surface area (TPSA) is 86.9 Å². The molecule has 2 heterocycles. The molecule has 0 saturated carbocycles. The normalized spacial score (nSPS) is 11.7. The van der Waals surface area contributed by atoms with E-state index in [1.54, 1.807) is 45.0 Å². The van der Waals surface area contributed by atoms with Crippen molar-refractivity contribution in [1.29, 1.82) is 0 Å². The third kappa shape index (κ3) is 3.83. The lowest BCUT2D eigenvalue weighted by molar-refractivity contribution is -0.126. The summed E-state index contributed by atoms with van der Waals surface area (Å²) in [6.07, 6.45) is 2.78. The van der Waals surface area contributed by atoms with Crippen LogP contribution >= 0.6 is 11.6 Å². The summed E-state index contributed by atoms with van der Waals surface area (Å²) in [7, 11) is 0. The predicted octanol–water partition coefficient (Wildman–Crippen LogP) is 2.27. The second kappa shape index (κ2) is 7.08. The highest BCUT2D eigenvalue weighted by molar-refractivity contribution is 6.30. The van der Waals surface area contributed by atoms with Crippen molar-refractivity contribution in [3.05, 3.63) is 68.1 Å². The highest BCUT2D eigenvalue weighted by atomic mass is 35.5. The average Bonchev–Trinajstić information content (AvgIpc) is 2.63. The van der Waals surface area contributed by atoms with Gasteiger partial charge in [0, 0.05) is 22.8 Å². The number of benzene rings is 1. The second-order valence-electron chi connectivity index (χ2n) is 7.29. The van der Waals surface area contributed by atoms with Crippen LogP contribution in [0, 0.1) is 5.41 Å². The van der Waals surface area contributed by atoms with Crippen LogP contribution < -0.4 is 11.2 Å². The Bertz CT molecular complexity index is 1120. The fraction of sp³-hybridized carbons (Fsp3) is 0.316. The summed E-state index contributed by atoms with van der Waals surface area (Å²) < 4.78 is 2.28. The molecular formula is C19H19ClN4O3. The van der Waals surface area contributed by atoms with Crippen LogP contribution in [0.4, 0.5) is 0 Å². The van der Waals surface area contributed by atoms with Gasteiger partial charge in [0.15, 0.2) is 16.9 Å². The first kappa shape index (κ1) is 19.0. The number of rotatable bonds is 4. The molecule has 0 fully saturated rings. The van der Waals surface area contributed by atoms with E-state index in [0.29, 0.717) is 5.02 Å². The number of ketones is 1. The van der Waals surface area contributed by atoms with Gasteiger partial charge in [-0.1, -0.05) is 44.5 Å². The van der Waals surface area contributed by atoms with Crippen LogP contribution in [-0.2, 0) is 17.9 Å². The number of Topliss-reactive ketones (excluding diaryl/α,β-unsaturated/α-hetero) is 1. The second-order valence-corrected chi connectivity index (χ2v) is 7.72. The standard InChI is InChI=1S/C19H19ClN4O3/c1-19(2,3)14(25)11-23-16-15(21-8-9-22-16)17(26)24(18(23)27)10-12-4-6-13(20)7-5-12/h4-9H,10-11H2,1-3H3. The van der Waals surface area contributed by atoms with Crippen LogP contribution in [0.15, 0.2) is 46.2 Å². The van der Waals surface area contributed by atoms with Crippen molar-refractivity contribution in [2.75, 3.05) is 0 Å². The number of halogens is 1. The third-order valence-electron chi connectivity index (χ3n) is 4.24. The molecular weight excluding hydrogens is 368 g/mol. The number of hydrogen-bond acceptors (Lipinski definition) is 5. The monoisotopic (exact) mass is 386 g/mol. The lowest BCUT2D eigenvalue weighted by atomic mass is 9.91. The van der Waals surface area contributed by atoms with Crippen LogP contribution in [0.3, 0.4) is 0 Å². The number of nitrogens with zero attached hydrogens (tertiary/aromatic N) is 4. The van der Waals surface area contributed by atoms with Crippen molar-refractivity contribution in [3.8, 4) is 0 Å². The fourth-order valence-electron chi connectivity index (χ4n) is 2.57. The molecule has 3 aromatic rings. The van der Waals surface area contributed by atoms with E-state index >= 15 is 0 Å². The largest absolute Gasteiger partial charge is 0.333 e. The van der Waals surface area contributed by atoms with Crippen LogP contribution in [0.1, 0.15) is 26.3 Å². The van der Waals surface area contributed by atoms with E-state index in [1.165, 1.54) is 17.0 Å². The van der Waals surface area contributed by atoms with Crippen molar-refractivity contribution >= 4 is 28.5 Å². The zero-order chi connectivity index (χ0) is 19.8. The highest BCUT2D eigenvalue weighted by Crippen LogP contribution is 2.16. The first-order valence-corrected chi connectivity index (χ1v) is 8.78. The number of carbonyl (C=O) groups excluding carboxylic acids is 1. The molecule has 1 aromatic carbocycles. The van der Waals surface area contributed by atoms with Crippen molar-refractivity contribution in [2.45, 2.75) is 33.9 Å². The molecule has 0 atom stereocenters. The minimum atomic E-state index is -0.634. The molecule has 3 rings (SSSR count). The van der Waals surface area contributed by atoms with Crippen molar-refractivity contribution in [2.24, 2.45) is 5.41 Å². The van der Waals surface area contributed by atoms with Crippen LogP contribution in [-0.4, -0.2) is 24.9 Å². The molecule has 0 N–H and O–H groups in total. The molecule has 0 bridgehead atoms. The van der Waals surface area contributed by atoms with Gasteiger partial charge in [0.25, 0.3) is 5.56 Å². The third-order valence-corrected chi connectivity index (χ3v) is 4.49. The van der Waals surface area contributed by atoms with Gasteiger partial charge < -0.3 is 0 Å². The van der Waals surface area contributed by atoms with Gasteiger partial charge in [0.05, 0.1) is 13.1 Å². The minimum absolute atomic E-state index is 0.0467. The van der Waals surface area contributed by atoms with Crippen LogP contribution in [0.5, 0.6) is 0 Å². The summed E-state index contributed by atoms with van der Waals surface area (Å²) in [5, 5.41) is 0.559. The van der Waals surface area contributed by atoms with Gasteiger partial charge in [-0.05, 0) is 17.7 Å². The lowest BCUT2D eigenvalue weighted by Gasteiger charge is -2.18. The van der Waals surface area contributed by atoms with Gasteiger partial charge in [0.1, 0.15) is 0 Å². The van der Waals surface area contributed by atoms with Crippen LogP contribution in [0.25, 0.3) is 11.2 Å². The molecule has 0 aliphatic heterocycles. The molecule has 7 nitrogen and oxygen atoms in total. The number of aromatic nitrogens is 4. The summed E-state index contributed by atoms with van der Waals surface area (Å²) in [6, 6.07) is 6.84. The molecule has 0 saturated heterocycles. The van der Waals surface area contributed by atoms with E-state index in [-0.39, 0.29) is 30.0 Å². The van der Waals surface area contributed by atoms with Crippen molar-refractivity contribution in [3.63, 3.8) is 0 Å². The molecule has 0 spiro atoms. The molecule has 0 aliphatic carbocycles. The Morgan fingerprint density at radius 3 is 2.30 bits per heavy atom. The first-order valence-electron chi connectivity index (χ1n) is 8.40. The maximum Gasteiger partial charge on any atom is 0.333 e. The molecule has 140 valence electrons. The Labute approximate surface area is 160 Å². The summed E-state index contributed by atoms with van der Waals surface area (Å²) in [5.74, 6) is -0.145. The summed E-state index contributed by atoms with van der Waals surface area (Å²) in [4.78, 5) is 46.5. The van der Waals surface area contributed by atoms with Gasteiger partial charge >= 0.3 is 5.69 Å². The summed E-state index contributed by atoms with van der Waals surface area (Å²) in [6.45, 7) is 5.19. The Morgan fingerprint density at radius 1 is 1.04 bits per heavy atom. The lowest BCUT2D eigenvalue weighted by Crippen LogP contribution is -2.43. The van der Waals surface area contributed by atoms with Gasteiger partial charge in [-0.25, -0.2) is 14.8 Å². The van der Waals surface area contributed by atoms with Crippen LogP contribution in [0.2, 0.25) is 5.02 Å². The molecule has 2 aromatic heterocycles. The smallest absolute Gasteiger partial charge is 0.297 e. The Balaban J connectivity index is 2.19. The SMILES string of the molecule is CC(C)(C)C(=O)Cn1c(=O)n(Cc2ccc(Cl)cc2)c(=O)c2nccnc21. The van der Waals surface area contributed by atoms with E-state index in [0.717, 1.165) is 10.1 Å². The van der Waals surface area contributed by atoms with Gasteiger partial charge in [-0.3, -0.25) is 18.7 Å². The van der Waals surface area contributed by atoms with Gasteiger partial charge in [0.2, 0.25) is 0 Å². The van der Waals surface area contributed by atoms with E-state index in [2.05, 4.69) is 9.97 Å². The van der Waals surface area contributed by atoms with E-state index < -0.39 is 16.7 Å². The number of hydrogen-bond donors (Lipinski definition) is 0. The quantitative estimate of drug-likeness (QED) is 0.686. The summed E-state index contributed by atoms with van der Waals surface area (Å²) >= 11 is 5.89. The highest BCUT2D eigenvalue weighted by Gasteiger charge is 2.24. The Hall–Kier alpha value is -2.80. The maximum atomic E-state index is 13.0. The summed E-state index contributed by atoms with van der Waals surface area (Å²) in [5.41, 5.74) is -0.885. The Morgan fingerprint density at radius 2 is 1.67 bits per heavy atom. The molecule has 0 unspecified atom stereocenters. The molecule has 0 amide bonds. The van der Waals surface area contributed by atoms with Gasteiger partial charge in [-0.15, -0.1) is 0 Å². The van der Waals surface area contributed by atoms with Crippen molar-refractivity contribution in [1.82, 2.24) is 19.1 Å². The molecule has 0 radical (unpaired) electrons.